The number of hydrogen-bond donors (Lipinski definition) is 2. The molecule has 0 fully saturated rings. The van der Waals surface area contributed by atoms with Crippen molar-refractivity contribution in [2.75, 3.05) is 6.61 Å². The van der Waals surface area contributed by atoms with Gasteiger partial charge in [0.2, 0.25) is 0 Å². The Balaban J connectivity index is 0.000000320. The van der Waals surface area contributed by atoms with Crippen molar-refractivity contribution in [1.82, 2.24) is 0 Å². The highest BCUT2D eigenvalue weighted by atomic mass is 16.3. The lowest BCUT2D eigenvalue weighted by molar-refractivity contribution is 0.109. The van der Waals surface area contributed by atoms with Crippen molar-refractivity contribution in [3.05, 3.63) is 59.3 Å². The molecule has 2 rings (SSSR count). The molecule has 182 valence electrons. The molecule has 0 bridgehead atoms. The lowest BCUT2D eigenvalue weighted by atomic mass is 9.87. The average Bonchev–Trinajstić information content (AvgIpc) is 2.76. The molecule has 2 aliphatic rings. The van der Waals surface area contributed by atoms with E-state index in [1.807, 2.05) is 0 Å². The van der Waals surface area contributed by atoms with Crippen LogP contribution in [0.25, 0.3) is 0 Å². The second kappa shape index (κ2) is 14.0. The Bertz CT molecular complexity index is 700. The molecule has 0 saturated carbocycles. The van der Waals surface area contributed by atoms with Gasteiger partial charge in [0.05, 0.1) is 12.7 Å². The van der Waals surface area contributed by atoms with Gasteiger partial charge < -0.3 is 10.2 Å². The zero-order valence-corrected chi connectivity index (χ0v) is 22.0. The Kier molecular flexibility index (Phi) is 12.5. The highest BCUT2D eigenvalue weighted by molar-refractivity contribution is 5.13. The van der Waals surface area contributed by atoms with E-state index in [1.165, 1.54) is 16.7 Å². The quantitative estimate of drug-likeness (QED) is 0.403. The monoisotopic (exact) mass is 442 g/mol. The van der Waals surface area contributed by atoms with Crippen LogP contribution in [0, 0.1) is 16.7 Å². The topological polar surface area (TPSA) is 40.5 Å². The summed E-state index contributed by atoms with van der Waals surface area (Å²) in [5, 5.41) is 19.2. The van der Waals surface area contributed by atoms with Crippen molar-refractivity contribution < 1.29 is 10.2 Å². The van der Waals surface area contributed by atoms with Gasteiger partial charge in [0.15, 0.2) is 0 Å². The first-order valence-corrected chi connectivity index (χ1v) is 12.6. The number of rotatable bonds is 1. The van der Waals surface area contributed by atoms with Gasteiger partial charge in [0, 0.05) is 0 Å². The average molecular weight is 443 g/mol. The van der Waals surface area contributed by atoms with Crippen LogP contribution >= 0.6 is 0 Å². The van der Waals surface area contributed by atoms with Crippen LogP contribution in [0.15, 0.2) is 59.3 Å². The predicted molar refractivity (Wildman–Crippen MR) is 141 cm³/mol. The van der Waals surface area contributed by atoms with Crippen molar-refractivity contribution in [3.63, 3.8) is 0 Å². The fourth-order valence-electron chi connectivity index (χ4n) is 3.90. The van der Waals surface area contributed by atoms with Crippen molar-refractivity contribution in [3.8, 4) is 0 Å². The van der Waals surface area contributed by atoms with Gasteiger partial charge in [-0.1, -0.05) is 88.3 Å². The maximum absolute atomic E-state index is 9.98. The second-order valence-corrected chi connectivity index (χ2v) is 11.4. The summed E-state index contributed by atoms with van der Waals surface area (Å²) in [5.74, 6) is 0.373. The largest absolute Gasteiger partial charge is 0.393 e. The molecule has 2 unspecified atom stereocenters. The third-order valence-electron chi connectivity index (χ3n) is 6.63. The van der Waals surface area contributed by atoms with Gasteiger partial charge in [0.1, 0.15) is 0 Å². The van der Waals surface area contributed by atoms with Crippen LogP contribution < -0.4 is 0 Å². The van der Waals surface area contributed by atoms with Gasteiger partial charge in [-0.2, -0.15) is 0 Å². The summed E-state index contributed by atoms with van der Waals surface area (Å²) in [6.45, 7) is 15.7. The molecule has 2 aliphatic carbocycles. The van der Waals surface area contributed by atoms with Crippen LogP contribution in [0.3, 0.4) is 0 Å². The molecule has 0 spiro atoms. The molecule has 0 radical (unpaired) electrons. The Morgan fingerprint density at radius 1 is 0.875 bits per heavy atom. The van der Waals surface area contributed by atoms with Crippen LogP contribution in [0.4, 0.5) is 0 Å². The Morgan fingerprint density at radius 2 is 1.50 bits per heavy atom. The van der Waals surface area contributed by atoms with Gasteiger partial charge in [-0.25, -0.2) is 0 Å². The van der Waals surface area contributed by atoms with Gasteiger partial charge in [-0.3, -0.25) is 0 Å². The van der Waals surface area contributed by atoms with E-state index in [0.29, 0.717) is 5.92 Å². The minimum atomic E-state index is -0.158. The first-order chi connectivity index (χ1) is 14.9. The Morgan fingerprint density at radius 3 is 2.16 bits per heavy atom. The number of allylic oxidation sites excluding steroid dienone is 9. The standard InChI is InChI=1S/C15H26O.C15H24O/c1-12-7-8-14(16)13(2)6-5-10-15(3,4)11-9-12;1-13-6-4-8-14(12-16)9-11-15(2,3)10-5-7-13/h5,9-10,13-14,16H,6-8,11H2,1-4H3;5-6,9-10,16H,4,7-8,11-12H2,1-3H3/b10-5+,12-9+;10-5+,13-6-,14-9+. The molecule has 0 amide bonds. The first-order valence-electron chi connectivity index (χ1n) is 12.6. The molecular formula is C30H50O2. The van der Waals surface area contributed by atoms with Crippen LogP contribution in [0.1, 0.15) is 99.8 Å². The smallest absolute Gasteiger partial charge is 0.0641 e. The van der Waals surface area contributed by atoms with Crippen molar-refractivity contribution in [2.24, 2.45) is 16.7 Å². The van der Waals surface area contributed by atoms with Crippen LogP contribution in [-0.2, 0) is 0 Å². The van der Waals surface area contributed by atoms with E-state index in [1.54, 1.807) is 0 Å². The second-order valence-electron chi connectivity index (χ2n) is 11.4. The zero-order chi connectivity index (χ0) is 24.2. The van der Waals surface area contributed by atoms with Gasteiger partial charge >= 0.3 is 0 Å². The molecule has 0 aliphatic heterocycles. The van der Waals surface area contributed by atoms with Crippen LogP contribution in [0.5, 0.6) is 0 Å². The molecule has 0 aromatic carbocycles. The molecule has 2 atom stereocenters. The Labute approximate surface area is 198 Å². The fourth-order valence-corrected chi connectivity index (χ4v) is 3.90. The van der Waals surface area contributed by atoms with E-state index in [2.05, 4.69) is 91.0 Å². The molecule has 2 nitrogen and oxygen atoms in total. The summed E-state index contributed by atoms with van der Waals surface area (Å²) >= 11 is 0. The van der Waals surface area contributed by atoms with E-state index in [4.69, 9.17) is 0 Å². The summed E-state index contributed by atoms with van der Waals surface area (Å²) in [6.07, 6.45) is 23.9. The van der Waals surface area contributed by atoms with E-state index < -0.39 is 0 Å². The summed E-state index contributed by atoms with van der Waals surface area (Å²) in [4.78, 5) is 0. The first kappa shape index (κ1) is 28.7. The minimum absolute atomic E-state index is 0.158. The summed E-state index contributed by atoms with van der Waals surface area (Å²) in [6, 6.07) is 0. The van der Waals surface area contributed by atoms with Crippen molar-refractivity contribution in [2.45, 2.75) is 106 Å². The predicted octanol–water partition coefficient (Wildman–Crippen LogP) is 8.09. The molecular weight excluding hydrogens is 392 g/mol. The Hall–Kier alpha value is -1.38. The number of hydrogen-bond acceptors (Lipinski definition) is 2. The van der Waals surface area contributed by atoms with E-state index in [0.717, 1.165) is 51.4 Å². The normalized spacial score (nSPS) is 33.7. The molecule has 2 N–H and O–H groups in total. The van der Waals surface area contributed by atoms with Gasteiger partial charge in [-0.15, -0.1) is 0 Å². The molecule has 0 saturated heterocycles. The zero-order valence-electron chi connectivity index (χ0n) is 22.0. The van der Waals surface area contributed by atoms with E-state index >= 15 is 0 Å². The van der Waals surface area contributed by atoms with E-state index in [-0.39, 0.29) is 23.5 Å². The number of aliphatic hydroxyl groups is 2. The van der Waals surface area contributed by atoms with Crippen molar-refractivity contribution >= 4 is 0 Å². The van der Waals surface area contributed by atoms with Crippen LogP contribution in [0.2, 0.25) is 0 Å². The maximum atomic E-state index is 9.98. The van der Waals surface area contributed by atoms with Crippen LogP contribution in [-0.4, -0.2) is 22.9 Å². The highest BCUT2D eigenvalue weighted by Crippen LogP contribution is 2.27. The number of aliphatic hydroxyl groups excluding tert-OH is 2. The van der Waals surface area contributed by atoms with E-state index in [9.17, 15) is 10.2 Å². The third kappa shape index (κ3) is 12.6. The summed E-state index contributed by atoms with van der Waals surface area (Å²) in [5.41, 5.74) is 4.45. The molecule has 2 heteroatoms. The van der Waals surface area contributed by atoms with Crippen molar-refractivity contribution in [1.29, 1.82) is 0 Å². The third-order valence-corrected chi connectivity index (χ3v) is 6.63. The molecule has 32 heavy (non-hydrogen) atoms. The minimum Gasteiger partial charge on any atom is -0.393 e. The summed E-state index contributed by atoms with van der Waals surface area (Å²) < 4.78 is 0. The maximum Gasteiger partial charge on any atom is 0.0641 e. The van der Waals surface area contributed by atoms with Gasteiger partial charge in [0.25, 0.3) is 0 Å². The SMILES string of the molecule is C/C1=C/CC/C(CO)=C\CC(C)(C)/C=C/C1.C/C1=C\CC(C)(C)/C=C/CC(C)C(O)CC1. The lowest BCUT2D eigenvalue weighted by Gasteiger charge is -2.18. The molecule has 0 aromatic rings. The molecule has 0 heterocycles. The lowest BCUT2D eigenvalue weighted by Crippen LogP contribution is -2.16. The van der Waals surface area contributed by atoms with Gasteiger partial charge in [-0.05, 0) is 87.5 Å². The summed E-state index contributed by atoms with van der Waals surface area (Å²) in [7, 11) is 0. The fraction of sp³-hybridized carbons (Fsp3) is 0.667. The highest BCUT2D eigenvalue weighted by Gasteiger charge is 2.17. The molecule has 0 aromatic heterocycles.